The molecule has 2 amide bonds. The lowest BCUT2D eigenvalue weighted by atomic mass is 10.1. The van der Waals surface area contributed by atoms with Crippen LogP contribution < -0.4 is 5.32 Å². The van der Waals surface area contributed by atoms with Crippen LogP contribution in [0.1, 0.15) is 58.3 Å². The highest BCUT2D eigenvalue weighted by Crippen LogP contribution is 2.21. The third-order valence-corrected chi connectivity index (χ3v) is 4.72. The molecular weight excluding hydrogens is 298 g/mol. The first-order valence-corrected chi connectivity index (χ1v) is 9.10. The fraction of sp³-hybridized carbons (Fsp3) is 0.688. The molecule has 2 rings (SSSR count). The van der Waals surface area contributed by atoms with Gasteiger partial charge in [0, 0.05) is 24.5 Å². The van der Waals surface area contributed by atoms with Crippen LogP contribution in [0.3, 0.4) is 0 Å². The van der Waals surface area contributed by atoms with Crippen LogP contribution in [0, 0.1) is 0 Å². The van der Waals surface area contributed by atoms with Gasteiger partial charge in [-0.15, -0.1) is 11.3 Å². The molecule has 1 aliphatic rings. The van der Waals surface area contributed by atoms with Gasteiger partial charge in [0.1, 0.15) is 6.04 Å². The molecule has 0 aromatic carbocycles. The van der Waals surface area contributed by atoms with Crippen molar-refractivity contribution >= 4 is 28.3 Å². The normalized spacial score (nSPS) is 17.7. The number of rotatable bonds is 8. The lowest BCUT2D eigenvalue weighted by molar-refractivity contribution is -0.136. The van der Waals surface area contributed by atoms with Gasteiger partial charge in [0.2, 0.25) is 11.8 Å². The van der Waals surface area contributed by atoms with Crippen LogP contribution >= 0.6 is 11.3 Å². The molecular formula is C16H25N3O2S. The number of anilines is 1. The Hall–Kier alpha value is -1.43. The maximum atomic E-state index is 12.3. The lowest BCUT2D eigenvalue weighted by Crippen LogP contribution is -2.43. The molecule has 1 aromatic heterocycles. The number of aromatic nitrogens is 1. The number of amides is 2. The van der Waals surface area contributed by atoms with E-state index in [0.717, 1.165) is 25.7 Å². The van der Waals surface area contributed by atoms with Crippen molar-refractivity contribution in [3.63, 3.8) is 0 Å². The van der Waals surface area contributed by atoms with E-state index in [1.807, 2.05) is 5.38 Å². The second-order valence-electron chi connectivity index (χ2n) is 5.74. The highest BCUT2D eigenvalue weighted by atomic mass is 32.1. The summed E-state index contributed by atoms with van der Waals surface area (Å²) in [7, 11) is 0. The van der Waals surface area contributed by atoms with Gasteiger partial charge in [-0.25, -0.2) is 4.98 Å². The van der Waals surface area contributed by atoms with Crippen molar-refractivity contribution in [3.8, 4) is 0 Å². The molecule has 1 fully saturated rings. The second kappa shape index (κ2) is 8.88. The summed E-state index contributed by atoms with van der Waals surface area (Å²) in [4.78, 5) is 30.4. The molecule has 2 heterocycles. The zero-order chi connectivity index (χ0) is 15.8. The monoisotopic (exact) mass is 323 g/mol. The Morgan fingerprint density at radius 3 is 2.91 bits per heavy atom. The Morgan fingerprint density at radius 2 is 2.18 bits per heavy atom. The standard InChI is InChI=1S/C16H25N3O2S/c1-2-3-4-5-6-9-14(20)19-11-7-8-13(19)15(21)18-16-17-10-12-22-16/h10,12-13H,2-9,11H2,1H3,(H,17,18,21). The molecule has 22 heavy (non-hydrogen) atoms. The Balaban J connectivity index is 1.79. The molecule has 1 aromatic rings. The maximum absolute atomic E-state index is 12.3. The number of nitrogens with one attached hydrogen (secondary N) is 1. The van der Waals surface area contributed by atoms with Crippen molar-refractivity contribution in [2.75, 3.05) is 11.9 Å². The summed E-state index contributed by atoms with van der Waals surface area (Å²) in [5, 5.41) is 5.23. The van der Waals surface area contributed by atoms with Crippen LogP contribution in [0.15, 0.2) is 11.6 Å². The first-order valence-electron chi connectivity index (χ1n) is 8.22. The maximum Gasteiger partial charge on any atom is 0.248 e. The van der Waals surface area contributed by atoms with E-state index in [9.17, 15) is 9.59 Å². The van der Waals surface area contributed by atoms with Crippen molar-refractivity contribution in [1.82, 2.24) is 9.88 Å². The number of carbonyl (C=O) groups is 2. The number of hydrogen-bond acceptors (Lipinski definition) is 4. The smallest absolute Gasteiger partial charge is 0.248 e. The Bertz CT molecular complexity index is 476. The minimum absolute atomic E-state index is 0.105. The minimum Gasteiger partial charge on any atom is -0.331 e. The molecule has 0 spiro atoms. The average Bonchev–Trinajstić information content (AvgIpc) is 3.17. The minimum atomic E-state index is -0.327. The summed E-state index contributed by atoms with van der Waals surface area (Å²) in [6, 6.07) is -0.327. The van der Waals surface area contributed by atoms with Gasteiger partial charge in [0.15, 0.2) is 5.13 Å². The third kappa shape index (κ3) is 4.80. The summed E-state index contributed by atoms with van der Waals surface area (Å²) in [5.41, 5.74) is 0. The molecule has 5 nitrogen and oxygen atoms in total. The fourth-order valence-electron chi connectivity index (χ4n) is 2.84. The first kappa shape index (κ1) is 16.9. The molecule has 1 unspecified atom stereocenters. The topological polar surface area (TPSA) is 62.3 Å². The van der Waals surface area contributed by atoms with Gasteiger partial charge in [-0.3, -0.25) is 9.59 Å². The highest BCUT2D eigenvalue weighted by Gasteiger charge is 2.33. The molecule has 1 aliphatic heterocycles. The Morgan fingerprint density at radius 1 is 1.36 bits per heavy atom. The summed E-state index contributed by atoms with van der Waals surface area (Å²) in [5.74, 6) is 0.0140. The van der Waals surface area contributed by atoms with Crippen molar-refractivity contribution < 1.29 is 9.59 Å². The van der Waals surface area contributed by atoms with Gasteiger partial charge >= 0.3 is 0 Å². The van der Waals surface area contributed by atoms with Crippen LogP contribution in [-0.4, -0.2) is 34.3 Å². The molecule has 1 N–H and O–H groups in total. The van der Waals surface area contributed by atoms with Crippen molar-refractivity contribution in [2.24, 2.45) is 0 Å². The molecule has 0 bridgehead atoms. The zero-order valence-electron chi connectivity index (χ0n) is 13.2. The number of hydrogen-bond donors (Lipinski definition) is 1. The van der Waals surface area contributed by atoms with E-state index in [1.165, 1.54) is 30.6 Å². The van der Waals surface area contributed by atoms with E-state index >= 15 is 0 Å². The predicted octanol–water partition coefficient (Wildman–Crippen LogP) is 3.43. The SMILES string of the molecule is CCCCCCCC(=O)N1CCCC1C(=O)Nc1nccs1. The van der Waals surface area contributed by atoms with Crippen molar-refractivity contribution in [2.45, 2.75) is 64.3 Å². The number of thiazole rings is 1. The van der Waals surface area contributed by atoms with Gasteiger partial charge in [0.05, 0.1) is 0 Å². The summed E-state index contributed by atoms with van der Waals surface area (Å²) >= 11 is 1.39. The summed E-state index contributed by atoms with van der Waals surface area (Å²) in [6.45, 7) is 2.88. The van der Waals surface area contributed by atoms with E-state index < -0.39 is 0 Å². The quantitative estimate of drug-likeness (QED) is 0.746. The number of carbonyl (C=O) groups excluding carboxylic acids is 2. The van der Waals surface area contributed by atoms with E-state index in [0.29, 0.717) is 18.1 Å². The molecule has 0 saturated carbocycles. The summed E-state index contributed by atoms with van der Waals surface area (Å²) in [6.07, 6.45) is 9.53. The average molecular weight is 323 g/mol. The van der Waals surface area contributed by atoms with E-state index in [1.54, 1.807) is 11.1 Å². The van der Waals surface area contributed by atoms with E-state index in [4.69, 9.17) is 0 Å². The molecule has 1 saturated heterocycles. The Kier molecular flexibility index (Phi) is 6.83. The third-order valence-electron chi connectivity index (χ3n) is 4.03. The van der Waals surface area contributed by atoms with E-state index in [2.05, 4.69) is 17.2 Å². The van der Waals surface area contributed by atoms with Crippen molar-refractivity contribution in [1.29, 1.82) is 0 Å². The summed E-state index contributed by atoms with van der Waals surface area (Å²) < 4.78 is 0. The highest BCUT2D eigenvalue weighted by molar-refractivity contribution is 7.13. The molecule has 122 valence electrons. The zero-order valence-corrected chi connectivity index (χ0v) is 14.0. The van der Waals surface area contributed by atoms with Gasteiger partial charge in [-0.05, 0) is 19.3 Å². The molecule has 0 aliphatic carbocycles. The van der Waals surface area contributed by atoms with Crippen molar-refractivity contribution in [3.05, 3.63) is 11.6 Å². The van der Waals surface area contributed by atoms with Crippen LogP contribution in [0.25, 0.3) is 0 Å². The van der Waals surface area contributed by atoms with Gasteiger partial charge < -0.3 is 10.2 Å². The first-order chi connectivity index (χ1) is 10.7. The molecule has 6 heteroatoms. The predicted molar refractivity (Wildman–Crippen MR) is 88.9 cm³/mol. The van der Waals surface area contributed by atoms with Crippen LogP contribution in [0.4, 0.5) is 5.13 Å². The molecule has 1 atom stereocenters. The van der Waals surface area contributed by atoms with Crippen LogP contribution in [0.2, 0.25) is 0 Å². The number of likely N-dealkylation sites (tertiary alicyclic amines) is 1. The largest absolute Gasteiger partial charge is 0.331 e. The molecule has 0 radical (unpaired) electrons. The van der Waals surface area contributed by atoms with Crippen LogP contribution in [-0.2, 0) is 9.59 Å². The Labute approximate surface area is 136 Å². The van der Waals surface area contributed by atoms with Gasteiger partial charge in [-0.2, -0.15) is 0 Å². The fourth-order valence-corrected chi connectivity index (χ4v) is 3.37. The number of nitrogens with zero attached hydrogens (tertiary/aromatic N) is 2. The number of unbranched alkanes of at least 4 members (excludes halogenated alkanes) is 4. The second-order valence-corrected chi connectivity index (χ2v) is 6.63. The van der Waals surface area contributed by atoms with Gasteiger partial charge in [0.25, 0.3) is 0 Å². The van der Waals surface area contributed by atoms with Gasteiger partial charge in [-0.1, -0.05) is 32.6 Å². The lowest BCUT2D eigenvalue weighted by Gasteiger charge is -2.23. The van der Waals surface area contributed by atoms with E-state index in [-0.39, 0.29) is 17.9 Å². The van der Waals surface area contributed by atoms with Crippen LogP contribution in [0.5, 0.6) is 0 Å².